The average molecular weight is 602 g/mol. The van der Waals surface area contributed by atoms with Crippen LogP contribution in [0.4, 0.5) is 0 Å². The average Bonchev–Trinajstić information content (AvgIpc) is 2.85. The summed E-state index contributed by atoms with van der Waals surface area (Å²) in [5.41, 5.74) is 0. The van der Waals surface area contributed by atoms with Gasteiger partial charge in [0.2, 0.25) is 0 Å². The van der Waals surface area contributed by atoms with Crippen LogP contribution >= 0.6 is 43.7 Å². The van der Waals surface area contributed by atoms with E-state index in [9.17, 15) is 0 Å². The highest BCUT2D eigenvalue weighted by Crippen LogP contribution is 2.84. The zero-order valence-corrected chi connectivity index (χ0v) is 25.7. The van der Waals surface area contributed by atoms with Crippen molar-refractivity contribution in [3.63, 3.8) is 0 Å². The molecule has 4 aliphatic carbocycles. The molecular weight excluding hydrogens is 558 g/mol. The first-order valence-electron chi connectivity index (χ1n) is 14.5. The molecule has 7 nitrogen and oxygen atoms in total. The topological polar surface area (TPSA) is 74.0 Å². The van der Waals surface area contributed by atoms with Crippen molar-refractivity contribution < 1.29 is 18.1 Å². The van der Waals surface area contributed by atoms with Crippen LogP contribution in [0.5, 0.6) is 0 Å². The molecule has 0 bridgehead atoms. The van der Waals surface area contributed by atoms with E-state index in [1.165, 1.54) is 25.7 Å². The molecule has 5 aliphatic rings. The monoisotopic (exact) mass is 601 g/mol. The van der Waals surface area contributed by atoms with E-state index in [-0.39, 0.29) is 24.4 Å². The third-order valence-electron chi connectivity index (χ3n) is 8.02. The molecule has 0 amide bonds. The summed E-state index contributed by atoms with van der Waals surface area (Å²) >= 11 is 14.5. The molecule has 0 aromatic heterocycles. The molecule has 1 heterocycles. The summed E-state index contributed by atoms with van der Waals surface area (Å²) in [6.45, 7) is -6.32. The van der Waals surface area contributed by atoms with Gasteiger partial charge in [-0.05, 0) is 73.8 Å². The smallest absolute Gasteiger partial charge is 0.312 e. The molecule has 208 valence electrons. The van der Waals surface area contributed by atoms with Gasteiger partial charge >= 0.3 is 21.2 Å². The van der Waals surface area contributed by atoms with Crippen LogP contribution in [0.2, 0.25) is 0 Å². The lowest BCUT2D eigenvalue weighted by atomic mass is 9.98. The highest BCUT2D eigenvalue weighted by atomic mass is 35.7. The summed E-state index contributed by atoms with van der Waals surface area (Å²) in [5.74, 6) is 0. The standard InChI is InChI=1S/C24H44Cl2N3O4P3/c25-34(30-21-13-5-1-6-14-21)27-35(26,31-22-15-7-2-8-16-22)29-36(28-34,32-23-17-9-3-10-18-23)33-24-19-11-4-12-20-24/h21-24H,1-20H2. The van der Waals surface area contributed by atoms with Crippen molar-refractivity contribution >= 4 is 43.7 Å². The Morgan fingerprint density at radius 1 is 0.389 bits per heavy atom. The zero-order valence-electron chi connectivity index (χ0n) is 21.5. The van der Waals surface area contributed by atoms with Gasteiger partial charge in [-0.15, -0.1) is 0 Å². The maximum absolute atomic E-state index is 7.26. The van der Waals surface area contributed by atoms with Crippen LogP contribution in [0.15, 0.2) is 13.5 Å². The van der Waals surface area contributed by atoms with E-state index in [0.29, 0.717) is 0 Å². The Hall–Kier alpha value is 1.11. The molecule has 0 aromatic rings. The zero-order chi connectivity index (χ0) is 24.9. The van der Waals surface area contributed by atoms with Gasteiger partial charge in [-0.25, -0.2) is 0 Å². The largest absolute Gasteiger partial charge is 0.347 e. The fraction of sp³-hybridized carbons (Fsp3) is 1.00. The van der Waals surface area contributed by atoms with Gasteiger partial charge in [0.1, 0.15) is 0 Å². The molecule has 0 aromatic carbocycles. The molecule has 0 radical (unpaired) electrons. The van der Waals surface area contributed by atoms with Crippen molar-refractivity contribution in [2.45, 2.75) is 153 Å². The minimum atomic E-state index is -3.16. The van der Waals surface area contributed by atoms with Gasteiger partial charge in [0.05, 0.1) is 24.4 Å². The first kappa shape index (κ1) is 28.6. The molecule has 4 saturated carbocycles. The van der Waals surface area contributed by atoms with E-state index in [2.05, 4.69) is 0 Å². The molecule has 2 unspecified atom stereocenters. The highest BCUT2D eigenvalue weighted by molar-refractivity contribution is 8.00. The second-order valence-electron chi connectivity index (χ2n) is 11.2. The van der Waals surface area contributed by atoms with Gasteiger partial charge in [-0.2, -0.15) is 13.5 Å². The Kier molecular flexibility index (Phi) is 10.5. The SMILES string of the molecule is ClP1(OC2CCCCC2)=NP(Cl)(OC2CCCCC2)=NP(OC2CCCCC2)(OC2CCCCC2)=N1. The number of halogens is 2. The van der Waals surface area contributed by atoms with Gasteiger partial charge < -0.3 is 18.1 Å². The maximum Gasteiger partial charge on any atom is 0.347 e. The molecular formula is C24H44Cl2N3O4P3. The first-order valence-corrected chi connectivity index (χ1v) is 21.0. The van der Waals surface area contributed by atoms with E-state index in [1.807, 2.05) is 0 Å². The van der Waals surface area contributed by atoms with E-state index in [4.69, 9.17) is 54.1 Å². The Labute approximate surface area is 227 Å². The van der Waals surface area contributed by atoms with Crippen LogP contribution in [0.3, 0.4) is 0 Å². The normalized spacial score (nSPS) is 35.5. The lowest BCUT2D eigenvalue weighted by molar-refractivity contribution is 0.0966. The van der Waals surface area contributed by atoms with Crippen LogP contribution in [0.25, 0.3) is 0 Å². The maximum atomic E-state index is 7.26. The lowest BCUT2D eigenvalue weighted by Gasteiger charge is -2.37. The van der Waals surface area contributed by atoms with Crippen molar-refractivity contribution in [3.8, 4) is 0 Å². The van der Waals surface area contributed by atoms with Crippen molar-refractivity contribution in [1.82, 2.24) is 0 Å². The molecule has 0 spiro atoms. The molecule has 36 heavy (non-hydrogen) atoms. The van der Waals surface area contributed by atoms with Crippen LogP contribution in [0, 0.1) is 0 Å². The summed E-state index contributed by atoms with van der Waals surface area (Å²) in [4.78, 5) is 0. The van der Waals surface area contributed by atoms with Crippen LogP contribution in [-0.4, -0.2) is 24.4 Å². The number of rotatable bonds is 8. The van der Waals surface area contributed by atoms with Gasteiger partial charge in [0, 0.05) is 0 Å². The Bertz CT molecular complexity index is 848. The van der Waals surface area contributed by atoms with Crippen molar-refractivity contribution in [3.05, 3.63) is 0 Å². The molecule has 12 heteroatoms. The summed E-state index contributed by atoms with van der Waals surface area (Å²) in [6.07, 6.45) is 22.2. The minimum Gasteiger partial charge on any atom is -0.312 e. The summed E-state index contributed by atoms with van der Waals surface area (Å²) in [5, 5.41) is 0. The first-order chi connectivity index (χ1) is 17.4. The van der Waals surface area contributed by atoms with Crippen LogP contribution < -0.4 is 0 Å². The predicted octanol–water partition coefficient (Wildman–Crippen LogP) is 11.7. The Balaban J connectivity index is 1.52. The quantitative estimate of drug-likeness (QED) is 0.259. The van der Waals surface area contributed by atoms with Gasteiger partial charge in [-0.3, -0.25) is 0 Å². The van der Waals surface area contributed by atoms with E-state index < -0.39 is 21.2 Å². The fourth-order valence-electron chi connectivity index (χ4n) is 6.11. The summed E-state index contributed by atoms with van der Waals surface area (Å²) in [7, 11) is -3.16. The van der Waals surface area contributed by atoms with Crippen molar-refractivity contribution in [2.75, 3.05) is 0 Å². The summed E-state index contributed by atoms with van der Waals surface area (Å²) in [6, 6.07) is 0. The molecule has 4 fully saturated rings. The fourth-order valence-corrected chi connectivity index (χ4v) is 18.8. The van der Waals surface area contributed by atoms with Crippen LogP contribution in [-0.2, 0) is 18.1 Å². The second-order valence-corrected chi connectivity index (χ2v) is 19.7. The van der Waals surface area contributed by atoms with Crippen molar-refractivity contribution in [1.29, 1.82) is 0 Å². The number of hydrogen-bond acceptors (Lipinski definition) is 7. The molecule has 0 N–H and O–H groups in total. The predicted molar refractivity (Wildman–Crippen MR) is 152 cm³/mol. The third kappa shape index (κ3) is 8.08. The molecule has 0 saturated heterocycles. The van der Waals surface area contributed by atoms with Crippen molar-refractivity contribution in [2.24, 2.45) is 13.5 Å². The third-order valence-corrected chi connectivity index (χ3v) is 18.5. The number of hydrogen-bond donors (Lipinski definition) is 0. The van der Waals surface area contributed by atoms with E-state index in [1.54, 1.807) is 0 Å². The summed E-state index contributed by atoms with van der Waals surface area (Å²) < 4.78 is 41.7. The molecule has 1 aliphatic heterocycles. The van der Waals surface area contributed by atoms with Gasteiger partial charge in [0.25, 0.3) is 0 Å². The number of nitrogens with zero attached hydrogens (tertiary/aromatic N) is 3. The van der Waals surface area contributed by atoms with Gasteiger partial charge in [-0.1, -0.05) is 77.0 Å². The second kappa shape index (κ2) is 13.2. The van der Waals surface area contributed by atoms with Crippen LogP contribution in [0.1, 0.15) is 128 Å². The van der Waals surface area contributed by atoms with E-state index >= 15 is 0 Å². The minimum absolute atomic E-state index is 0.0428. The Morgan fingerprint density at radius 3 is 1.06 bits per heavy atom. The molecule has 2 atom stereocenters. The lowest BCUT2D eigenvalue weighted by Crippen LogP contribution is -2.21. The van der Waals surface area contributed by atoms with E-state index in [0.717, 1.165) is 103 Å². The highest BCUT2D eigenvalue weighted by Gasteiger charge is 2.44. The molecule has 5 rings (SSSR count). The Morgan fingerprint density at radius 2 is 0.694 bits per heavy atom. The van der Waals surface area contributed by atoms with Gasteiger partial charge in [0.15, 0.2) is 0 Å².